The third kappa shape index (κ3) is 4.78. The normalized spacial score (nSPS) is 15.3. The molecule has 0 spiro atoms. The van der Waals surface area contributed by atoms with E-state index in [-0.39, 0.29) is 24.3 Å². The Morgan fingerprint density at radius 3 is 2.45 bits per heavy atom. The van der Waals surface area contributed by atoms with E-state index in [0.717, 1.165) is 10.4 Å². The molecule has 0 bridgehead atoms. The number of anilines is 1. The summed E-state index contributed by atoms with van der Waals surface area (Å²) >= 11 is 1.61. The van der Waals surface area contributed by atoms with E-state index < -0.39 is 0 Å². The minimum atomic E-state index is -0.268. The van der Waals surface area contributed by atoms with Crippen molar-refractivity contribution in [2.24, 2.45) is 0 Å². The highest BCUT2D eigenvalue weighted by Crippen LogP contribution is 2.26. The van der Waals surface area contributed by atoms with E-state index in [0.29, 0.717) is 32.1 Å². The van der Waals surface area contributed by atoms with Crippen LogP contribution in [0, 0.1) is 5.82 Å². The molecule has 150 valence electrons. The van der Waals surface area contributed by atoms with E-state index in [2.05, 4.69) is 20.2 Å². The summed E-state index contributed by atoms with van der Waals surface area (Å²) in [6, 6.07) is 12.1. The van der Waals surface area contributed by atoms with E-state index in [1.807, 2.05) is 22.4 Å². The Hall–Kier alpha value is -2.84. The second-order valence-corrected chi connectivity index (χ2v) is 7.78. The molecule has 1 aliphatic heterocycles. The minimum absolute atomic E-state index is 0.0577. The molecule has 0 radical (unpaired) electrons. The van der Waals surface area contributed by atoms with Crippen LogP contribution in [0.25, 0.3) is 0 Å². The molecule has 0 unspecified atom stereocenters. The first kappa shape index (κ1) is 19.5. The number of nitrogens with one attached hydrogen (secondary N) is 1. The van der Waals surface area contributed by atoms with Gasteiger partial charge in [-0.15, -0.1) is 11.3 Å². The van der Waals surface area contributed by atoms with Gasteiger partial charge in [0.05, 0.1) is 12.6 Å². The number of aromatic nitrogens is 2. The van der Waals surface area contributed by atoms with Crippen molar-refractivity contribution in [1.82, 2.24) is 20.2 Å². The van der Waals surface area contributed by atoms with E-state index >= 15 is 0 Å². The first-order chi connectivity index (χ1) is 14.2. The van der Waals surface area contributed by atoms with Crippen LogP contribution in [-0.4, -0.2) is 53.5 Å². The summed E-state index contributed by atoms with van der Waals surface area (Å²) < 4.78 is 13.3. The number of hydrogen-bond donors (Lipinski definition) is 1. The van der Waals surface area contributed by atoms with Crippen LogP contribution in [0.3, 0.4) is 0 Å². The monoisotopic (exact) mass is 411 g/mol. The summed E-state index contributed by atoms with van der Waals surface area (Å²) in [6.45, 7) is 2.92. The smallest absolute Gasteiger partial charge is 0.236 e. The SMILES string of the molecule is O=C(CN[C@@H](c1ccc(F)cc1)c1cccs1)N1CCN(c2ncccn2)CC1. The van der Waals surface area contributed by atoms with E-state index in [4.69, 9.17) is 0 Å². The average molecular weight is 412 g/mol. The van der Waals surface area contributed by atoms with E-state index in [1.165, 1.54) is 12.1 Å². The van der Waals surface area contributed by atoms with Crippen molar-refractivity contribution < 1.29 is 9.18 Å². The average Bonchev–Trinajstić information content (AvgIpc) is 3.30. The lowest BCUT2D eigenvalue weighted by Crippen LogP contribution is -2.51. The first-order valence-electron chi connectivity index (χ1n) is 9.53. The third-order valence-corrected chi connectivity index (χ3v) is 5.89. The van der Waals surface area contributed by atoms with Crippen LogP contribution in [-0.2, 0) is 4.79 Å². The molecule has 1 N–H and O–H groups in total. The lowest BCUT2D eigenvalue weighted by molar-refractivity contribution is -0.130. The number of thiophene rings is 1. The van der Waals surface area contributed by atoms with Gasteiger partial charge in [0.25, 0.3) is 0 Å². The zero-order chi connectivity index (χ0) is 20.1. The lowest BCUT2D eigenvalue weighted by Gasteiger charge is -2.35. The van der Waals surface area contributed by atoms with Crippen LogP contribution in [0.2, 0.25) is 0 Å². The first-order valence-corrected chi connectivity index (χ1v) is 10.4. The van der Waals surface area contributed by atoms with Crippen molar-refractivity contribution in [2.75, 3.05) is 37.6 Å². The maximum Gasteiger partial charge on any atom is 0.236 e. The second-order valence-electron chi connectivity index (χ2n) is 6.80. The summed E-state index contributed by atoms with van der Waals surface area (Å²) in [6.07, 6.45) is 3.45. The van der Waals surface area contributed by atoms with Crippen molar-refractivity contribution in [3.8, 4) is 0 Å². The molecule has 3 heterocycles. The predicted molar refractivity (Wildman–Crippen MR) is 111 cm³/mol. The molecule has 29 heavy (non-hydrogen) atoms. The van der Waals surface area contributed by atoms with Crippen LogP contribution in [0.4, 0.5) is 10.3 Å². The molecule has 4 rings (SSSR count). The van der Waals surface area contributed by atoms with Crippen molar-refractivity contribution >= 4 is 23.2 Å². The van der Waals surface area contributed by atoms with Gasteiger partial charge >= 0.3 is 0 Å². The molecule has 6 nitrogen and oxygen atoms in total. The number of carbonyl (C=O) groups excluding carboxylic acids is 1. The standard InChI is InChI=1S/C21H22FN5OS/c22-17-6-4-16(5-7-17)20(18-3-1-14-29-18)25-15-19(28)26-10-12-27(13-11-26)21-23-8-2-9-24-21/h1-9,14,20,25H,10-13,15H2/t20-/m0/s1. The molecule has 2 aromatic heterocycles. The number of nitrogens with zero attached hydrogens (tertiary/aromatic N) is 4. The minimum Gasteiger partial charge on any atom is -0.338 e. The summed E-state index contributed by atoms with van der Waals surface area (Å²) in [7, 11) is 0. The fourth-order valence-electron chi connectivity index (χ4n) is 3.41. The molecular formula is C21H22FN5OS. The van der Waals surface area contributed by atoms with Crippen molar-refractivity contribution in [3.05, 3.63) is 76.5 Å². The largest absolute Gasteiger partial charge is 0.338 e. The zero-order valence-corrected chi connectivity index (χ0v) is 16.7. The number of amides is 1. The van der Waals surface area contributed by atoms with Gasteiger partial charge in [-0.05, 0) is 35.2 Å². The van der Waals surface area contributed by atoms with Gasteiger partial charge in [-0.2, -0.15) is 0 Å². The molecule has 1 saturated heterocycles. The zero-order valence-electron chi connectivity index (χ0n) is 15.9. The van der Waals surface area contributed by atoms with Crippen molar-refractivity contribution in [2.45, 2.75) is 6.04 Å². The van der Waals surface area contributed by atoms with Gasteiger partial charge in [-0.3, -0.25) is 10.1 Å². The molecule has 1 amide bonds. The second kappa shape index (κ2) is 9.11. The molecule has 3 aromatic rings. The number of hydrogen-bond acceptors (Lipinski definition) is 6. The Balaban J connectivity index is 1.36. The summed E-state index contributed by atoms with van der Waals surface area (Å²) in [5.74, 6) is 0.490. The number of halogens is 1. The Bertz CT molecular complexity index is 912. The highest BCUT2D eigenvalue weighted by Gasteiger charge is 2.23. The summed E-state index contributed by atoms with van der Waals surface area (Å²) in [5.41, 5.74) is 0.938. The highest BCUT2D eigenvalue weighted by atomic mass is 32.1. The van der Waals surface area contributed by atoms with Gasteiger partial charge in [0.1, 0.15) is 5.82 Å². The van der Waals surface area contributed by atoms with Crippen LogP contribution in [0.5, 0.6) is 0 Å². The molecule has 1 aromatic carbocycles. The predicted octanol–water partition coefficient (Wildman–Crippen LogP) is 2.71. The number of rotatable bonds is 6. The number of piperazine rings is 1. The summed E-state index contributed by atoms with van der Waals surface area (Å²) in [5, 5.41) is 5.36. The molecular weight excluding hydrogens is 389 g/mol. The van der Waals surface area contributed by atoms with E-state index in [9.17, 15) is 9.18 Å². The lowest BCUT2D eigenvalue weighted by atomic mass is 10.1. The van der Waals surface area contributed by atoms with Gasteiger partial charge in [-0.25, -0.2) is 14.4 Å². The molecule has 1 fully saturated rings. The van der Waals surface area contributed by atoms with Crippen molar-refractivity contribution in [3.63, 3.8) is 0 Å². The van der Waals surface area contributed by atoms with Crippen LogP contribution in [0.1, 0.15) is 16.5 Å². The topological polar surface area (TPSA) is 61.4 Å². The third-order valence-electron chi connectivity index (χ3n) is 4.96. The Morgan fingerprint density at radius 2 is 1.79 bits per heavy atom. The Morgan fingerprint density at radius 1 is 1.07 bits per heavy atom. The van der Waals surface area contributed by atoms with E-state index in [1.54, 1.807) is 41.9 Å². The maximum atomic E-state index is 13.3. The number of carbonyl (C=O) groups is 1. The molecule has 0 saturated carbocycles. The summed E-state index contributed by atoms with van der Waals surface area (Å²) in [4.78, 5) is 26.3. The maximum absolute atomic E-state index is 13.3. The van der Waals surface area contributed by atoms with Gasteiger partial charge in [0.2, 0.25) is 11.9 Å². The quantitative estimate of drug-likeness (QED) is 0.676. The molecule has 0 aliphatic carbocycles. The van der Waals surface area contributed by atoms with Crippen LogP contribution >= 0.6 is 11.3 Å². The van der Waals surface area contributed by atoms with Gasteiger partial charge in [-0.1, -0.05) is 18.2 Å². The van der Waals surface area contributed by atoms with Gasteiger partial charge in [0, 0.05) is 43.4 Å². The fourth-order valence-corrected chi connectivity index (χ4v) is 4.23. The van der Waals surface area contributed by atoms with Crippen molar-refractivity contribution in [1.29, 1.82) is 0 Å². The Kier molecular flexibility index (Phi) is 6.12. The van der Waals surface area contributed by atoms with Crippen LogP contribution in [0.15, 0.2) is 60.2 Å². The van der Waals surface area contributed by atoms with Gasteiger partial charge in [0.15, 0.2) is 0 Å². The van der Waals surface area contributed by atoms with Gasteiger partial charge < -0.3 is 9.80 Å². The fraction of sp³-hybridized carbons (Fsp3) is 0.286. The molecule has 1 atom stereocenters. The molecule has 8 heteroatoms. The highest BCUT2D eigenvalue weighted by molar-refractivity contribution is 7.10. The number of benzene rings is 1. The van der Waals surface area contributed by atoms with Crippen LogP contribution < -0.4 is 10.2 Å². The Labute approximate surface area is 173 Å². The molecule has 1 aliphatic rings.